The van der Waals surface area contributed by atoms with E-state index in [2.05, 4.69) is 17.1 Å². The van der Waals surface area contributed by atoms with Gasteiger partial charge in [0.25, 0.3) is 0 Å². The molecule has 4 aliphatic heterocycles. The van der Waals surface area contributed by atoms with E-state index in [0.717, 1.165) is 49.0 Å². The van der Waals surface area contributed by atoms with Crippen molar-refractivity contribution in [1.29, 1.82) is 0 Å². The quantitative estimate of drug-likeness (QED) is 0.830. The second-order valence-corrected chi connectivity index (χ2v) is 8.31. The van der Waals surface area contributed by atoms with Crippen LogP contribution in [0.25, 0.3) is 0 Å². The first-order valence-corrected chi connectivity index (χ1v) is 10.1. The van der Waals surface area contributed by atoms with E-state index in [0.29, 0.717) is 6.54 Å². The smallest absolute Gasteiger partial charge is 0.250 e. The first-order valence-electron chi connectivity index (χ1n) is 10.1. The van der Waals surface area contributed by atoms with Crippen molar-refractivity contribution < 1.29 is 14.4 Å². The summed E-state index contributed by atoms with van der Waals surface area (Å²) >= 11 is 0. The van der Waals surface area contributed by atoms with Crippen LogP contribution in [-0.4, -0.2) is 46.7 Å². The van der Waals surface area contributed by atoms with Crippen LogP contribution in [0.2, 0.25) is 0 Å². The number of imide groups is 1. The van der Waals surface area contributed by atoms with Crippen molar-refractivity contribution in [2.45, 2.75) is 51.1 Å². The van der Waals surface area contributed by atoms with Crippen LogP contribution in [0.5, 0.6) is 0 Å². The van der Waals surface area contributed by atoms with Gasteiger partial charge in [0, 0.05) is 23.8 Å². The van der Waals surface area contributed by atoms with Gasteiger partial charge in [-0.15, -0.1) is 0 Å². The van der Waals surface area contributed by atoms with Gasteiger partial charge in [-0.1, -0.05) is 31.5 Å². The summed E-state index contributed by atoms with van der Waals surface area (Å²) in [7, 11) is 0. The molecule has 5 rings (SSSR count). The molecule has 0 radical (unpaired) electrons. The predicted molar refractivity (Wildman–Crippen MR) is 99.8 cm³/mol. The Kier molecular flexibility index (Phi) is 3.54. The van der Waals surface area contributed by atoms with E-state index >= 15 is 0 Å². The number of anilines is 1. The summed E-state index contributed by atoms with van der Waals surface area (Å²) in [5, 5.41) is 3.05. The van der Waals surface area contributed by atoms with Gasteiger partial charge < -0.3 is 5.32 Å². The number of unbranched alkanes of at least 4 members (excludes halogenated alkanes) is 1. The molecule has 6 heteroatoms. The van der Waals surface area contributed by atoms with Crippen molar-refractivity contribution >= 4 is 23.4 Å². The lowest BCUT2D eigenvalue weighted by atomic mass is 9.75. The Hall–Kier alpha value is -2.21. The van der Waals surface area contributed by atoms with Gasteiger partial charge in [0.1, 0.15) is 5.54 Å². The van der Waals surface area contributed by atoms with Crippen LogP contribution in [0, 0.1) is 18.8 Å². The minimum absolute atomic E-state index is 0.0183. The fraction of sp³-hybridized carbons (Fsp3) is 0.571. The fourth-order valence-corrected chi connectivity index (χ4v) is 5.97. The molecule has 27 heavy (non-hydrogen) atoms. The maximum atomic E-state index is 13.4. The number of nitrogens with zero attached hydrogens (tertiary/aromatic N) is 2. The topological polar surface area (TPSA) is 69.7 Å². The molecule has 1 spiro atoms. The molecule has 0 saturated carbocycles. The highest BCUT2D eigenvalue weighted by Crippen LogP contribution is 2.60. The van der Waals surface area contributed by atoms with Gasteiger partial charge in [-0.25, -0.2) is 0 Å². The summed E-state index contributed by atoms with van der Waals surface area (Å²) in [6.07, 6.45) is 3.56. The number of carbonyl (C=O) groups excluding carboxylic acids is 3. The molecule has 0 bridgehead atoms. The van der Waals surface area contributed by atoms with Crippen molar-refractivity contribution in [3.8, 4) is 0 Å². The first-order chi connectivity index (χ1) is 13.0. The summed E-state index contributed by atoms with van der Waals surface area (Å²) in [6, 6.07) is 5.87. The summed E-state index contributed by atoms with van der Waals surface area (Å²) in [4.78, 5) is 43.7. The van der Waals surface area contributed by atoms with Crippen LogP contribution < -0.4 is 5.32 Å². The van der Waals surface area contributed by atoms with E-state index in [1.165, 1.54) is 4.90 Å². The number of rotatable bonds is 3. The van der Waals surface area contributed by atoms with E-state index in [9.17, 15) is 14.4 Å². The third-order valence-corrected chi connectivity index (χ3v) is 7.06. The molecule has 0 aromatic heterocycles. The van der Waals surface area contributed by atoms with Gasteiger partial charge in [-0.05, 0) is 38.3 Å². The van der Waals surface area contributed by atoms with Crippen molar-refractivity contribution in [2.24, 2.45) is 11.8 Å². The number of aryl methyl sites for hydroxylation is 1. The summed E-state index contributed by atoms with van der Waals surface area (Å²) in [5.41, 5.74) is 1.67. The lowest BCUT2D eigenvalue weighted by Gasteiger charge is -2.36. The zero-order valence-corrected chi connectivity index (χ0v) is 15.8. The minimum Gasteiger partial charge on any atom is -0.324 e. The number of amides is 3. The number of nitrogens with one attached hydrogen (secondary N) is 1. The Labute approximate surface area is 158 Å². The number of para-hydroxylation sites is 1. The predicted octanol–water partition coefficient (Wildman–Crippen LogP) is 2.02. The van der Waals surface area contributed by atoms with E-state index in [1.54, 1.807) is 0 Å². The highest BCUT2D eigenvalue weighted by molar-refractivity contribution is 6.15. The zero-order valence-electron chi connectivity index (χ0n) is 15.8. The maximum absolute atomic E-state index is 13.4. The molecule has 1 N–H and O–H groups in total. The summed E-state index contributed by atoms with van der Waals surface area (Å²) < 4.78 is 0. The molecule has 3 saturated heterocycles. The SMILES string of the molecule is CCCCN1C(=O)C2C3CCCN3C3(C(=O)Nc4c(C)cccc43)C2C1=O. The average molecular weight is 367 g/mol. The molecule has 6 nitrogen and oxygen atoms in total. The van der Waals surface area contributed by atoms with Gasteiger partial charge >= 0.3 is 0 Å². The Morgan fingerprint density at radius 3 is 2.81 bits per heavy atom. The van der Waals surface area contributed by atoms with Crippen molar-refractivity contribution in [1.82, 2.24) is 9.80 Å². The van der Waals surface area contributed by atoms with Gasteiger partial charge in [-0.3, -0.25) is 24.2 Å². The zero-order chi connectivity index (χ0) is 18.9. The number of benzene rings is 1. The van der Waals surface area contributed by atoms with Gasteiger partial charge in [-0.2, -0.15) is 0 Å². The molecule has 3 amide bonds. The Morgan fingerprint density at radius 1 is 1.22 bits per heavy atom. The number of hydrogen-bond acceptors (Lipinski definition) is 4. The Bertz CT molecular complexity index is 866. The number of carbonyl (C=O) groups is 3. The summed E-state index contributed by atoms with van der Waals surface area (Å²) in [6.45, 7) is 5.25. The lowest BCUT2D eigenvalue weighted by Crippen LogP contribution is -2.54. The second kappa shape index (κ2) is 5.64. The normalized spacial score (nSPS) is 34.4. The maximum Gasteiger partial charge on any atom is 0.250 e. The van der Waals surface area contributed by atoms with Gasteiger partial charge in [0.05, 0.1) is 11.8 Å². The molecule has 4 heterocycles. The van der Waals surface area contributed by atoms with E-state index in [4.69, 9.17) is 0 Å². The summed E-state index contributed by atoms with van der Waals surface area (Å²) in [5.74, 6) is -1.35. The van der Waals surface area contributed by atoms with Crippen molar-refractivity contribution in [3.05, 3.63) is 29.3 Å². The molecule has 4 aliphatic rings. The molecular formula is C21H25N3O3. The number of fused-ring (bicyclic) bond motifs is 7. The van der Waals surface area contributed by atoms with E-state index in [1.807, 2.05) is 25.1 Å². The highest BCUT2D eigenvalue weighted by atomic mass is 16.2. The monoisotopic (exact) mass is 367 g/mol. The molecule has 3 fully saturated rings. The fourth-order valence-electron chi connectivity index (χ4n) is 5.97. The molecule has 1 aromatic rings. The molecule has 1 aromatic carbocycles. The van der Waals surface area contributed by atoms with E-state index < -0.39 is 17.4 Å². The Morgan fingerprint density at radius 2 is 2.04 bits per heavy atom. The van der Waals surface area contributed by atoms with Crippen LogP contribution >= 0.6 is 0 Å². The van der Waals surface area contributed by atoms with E-state index in [-0.39, 0.29) is 23.8 Å². The van der Waals surface area contributed by atoms with Gasteiger partial charge in [0.15, 0.2) is 0 Å². The van der Waals surface area contributed by atoms with Crippen LogP contribution in [0.15, 0.2) is 18.2 Å². The molecule has 4 atom stereocenters. The van der Waals surface area contributed by atoms with Crippen LogP contribution in [-0.2, 0) is 19.9 Å². The third kappa shape index (κ3) is 1.87. The van der Waals surface area contributed by atoms with Crippen LogP contribution in [0.1, 0.15) is 43.7 Å². The third-order valence-electron chi connectivity index (χ3n) is 7.06. The second-order valence-electron chi connectivity index (χ2n) is 8.31. The van der Waals surface area contributed by atoms with Crippen molar-refractivity contribution in [2.75, 3.05) is 18.4 Å². The number of likely N-dealkylation sites (tertiary alicyclic amines) is 1. The molecule has 0 aliphatic carbocycles. The molecular weight excluding hydrogens is 342 g/mol. The van der Waals surface area contributed by atoms with Crippen LogP contribution in [0.4, 0.5) is 5.69 Å². The first kappa shape index (κ1) is 16.9. The average Bonchev–Trinajstić information content (AvgIpc) is 3.34. The minimum atomic E-state index is -1.03. The van der Waals surface area contributed by atoms with Crippen molar-refractivity contribution in [3.63, 3.8) is 0 Å². The standard InChI is InChI=1S/C21H25N3O3/c1-3-4-10-23-18(25)15-14-9-6-11-24(14)21(16(15)19(23)26)13-8-5-7-12(2)17(13)22-20(21)27/h5,7-8,14-16H,3-4,6,9-11H2,1-2H3,(H,22,27). The molecule has 4 unspecified atom stereocenters. The Balaban J connectivity index is 1.70. The molecule has 142 valence electrons. The number of hydrogen-bond donors (Lipinski definition) is 1. The van der Waals surface area contributed by atoms with Crippen LogP contribution in [0.3, 0.4) is 0 Å². The largest absolute Gasteiger partial charge is 0.324 e. The lowest BCUT2D eigenvalue weighted by molar-refractivity contribution is -0.145. The van der Waals surface area contributed by atoms with Gasteiger partial charge in [0.2, 0.25) is 17.7 Å². The highest BCUT2D eigenvalue weighted by Gasteiger charge is 2.74.